The minimum atomic E-state index is -3.94. The molecule has 8 heteroatoms. The second-order valence-corrected chi connectivity index (χ2v) is 6.76. The summed E-state index contributed by atoms with van der Waals surface area (Å²) < 4.78 is 41.1. The Balaban J connectivity index is 2.32. The van der Waals surface area contributed by atoms with Gasteiger partial charge < -0.3 is 0 Å². The highest BCUT2D eigenvalue weighted by Gasteiger charge is 2.25. The molecule has 0 saturated carbocycles. The van der Waals surface area contributed by atoms with Crippen molar-refractivity contribution in [1.29, 1.82) is 0 Å². The quantitative estimate of drug-likeness (QED) is 0.867. The molecule has 0 amide bonds. The first-order chi connectivity index (χ1) is 9.32. The van der Waals surface area contributed by atoms with Crippen LogP contribution >= 0.6 is 11.6 Å². The maximum absolute atomic E-state index is 13.8. The van der Waals surface area contributed by atoms with Crippen molar-refractivity contribution in [3.05, 3.63) is 47.0 Å². The smallest absolute Gasteiger partial charge is 0.246 e. The Hall–Kier alpha value is -1.44. The van der Waals surface area contributed by atoms with Gasteiger partial charge in [-0.2, -0.15) is 9.40 Å². The van der Waals surface area contributed by atoms with E-state index in [0.717, 1.165) is 4.31 Å². The van der Waals surface area contributed by atoms with E-state index in [2.05, 4.69) is 5.10 Å². The number of rotatable bonds is 4. The number of nitrogens with zero attached hydrogens (tertiary/aromatic N) is 3. The molecular weight excluding hydrogens is 305 g/mol. The molecule has 2 aromatic rings. The molecule has 1 aromatic heterocycles. The van der Waals surface area contributed by atoms with Gasteiger partial charge in [-0.25, -0.2) is 12.8 Å². The molecule has 20 heavy (non-hydrogen) atoms. The molecule has 2 rings (SSSR count). The number of benzene rings is 1. The average Bonchev–Trinajstić information content (AvgIpc) is 2.78. The van der Waals surface area contributed by atoms with Crippen LogP contribution in [0.15, 0.2) is 35.5 Å². The van der Waals surface area contributed by atoms with E-state index in [-0.39, 0.29) is 11.6 Å². The van der Waals surface area contributed by atoms with E-state index in [1.54, 1.807) is 24.1 Å². The zero-order valence-electron chi connectivity index (χ0n) is 10.9. The van der Waals surface area contributed by atoms with E-state index in [1.807, 2.05) is 0 Å². The maximum atomic E-state index is 13.8. The number of aryl methyl sites for hydroxylation is 1. The third kappa shape index (κ3) is 2.84. The van der Waals surface area contributed by atoms with Gasteiger partial charge in [0.05, 0.1) is 11.2 Å². The molecule has 108 valence electrons. The van der Waals surface area contributed by atoms with Crippen LogP contribution in [0.25, 0.3) is 0 Å². The molecule has 0 aliphatic rings. The van der Waals surface area contributed by atoms with Crippen molar-refractivity contribution in [2.75, 3.05) is 7.05 Å². The van der Waals surface area contributed by atoms with E-state index in [9.17, 15) is 12.8 Å². The first-order valence-corrected chi connectivity index (χ1v) is 7.52. The van der Waals surface area contributed by atoms with Gasteiger partial charge in [-0.1, -0.05) is 17.7 Å². The third-order valence-corrected chi connectivity index (χ3v) is 4.88. The molecular formula is C12H13ClFN3O2S. The lowest BCUT2D eigenvalue weighted by Crippen LogP contribution is -2.27. The Kier molecular flexibility index (Phi) is 4.12. The van der Waals surface area contributed by atoms with Crippen molar-refractivity contribution in [3.8, 4) is 0 Å². The zero-order chi connectivity index (χ0) is 14.9. The van der Waals surface area contributed by atoms with Crippen molar-refractivity contribution in [1.82, 2.24) is 14.1 Å². The van der Waals surface area contributed by atoms with Gasteiger partial charge in [0.15, 0.2) is 5.82 Å². The first kappa shape index (κ1) is 15.0. The van der Waals surface area contributed by atoms with Crippen molar-refractivity contribution >= 4 is 21.6 Å². The lowest BCUT2D eigenvalue weighted by Gasteiger charge is -2.17. The Labute approximate surface area is 121 Å². The number of aromatic nitrogens is 2. The lowest BCUT2D eigenvalue weighted by atomic mass is 10.3. The van der Waals surface area contributed by atoms with Crippen LogP contribution in [0, 0.1) is 5.82 Å². The molecule has 0 atom stereocenters. The van der Waals surface area contributed by atoms with Crippen molar-refractivity contribution in [2.24, 2.45) is 7.05 Å². The Morgan fingerprint density at radius 3 is 2.75 bits per heavy atom. The molecule has 0 aliphatic carbocycles. The fraction of sp³-hybridized carbons (Fsp3) is 0.250. The Bertz CT molecular complexity index is 730. The van der Waals surface area contributed by atoms with Crippen LogP contribution in [0.2, 0.25) is 5.02 Å². The van der Waals surface area contributed by atoms with Gasteiger partial charge in [0.2, 0.25) is 10.0 Å². The molecule has 0 unspecified atom stereocenters. The van der Waals surface area contributed by atoms with E-state index in [0.29, 0.717) is 5.56 Å². The monoisotopic (exact) mass is 317 g/mol. The van der Waals surface area contributed by atoms with Gasteiger partial charge >= 0.3 is 0 Å². The summed E-state index contributed by atoms with van der Waals surface area (Å²) in [6.07, 6.45) is 3.25. The number of hydrogen-bond donors (Lipinski definition) is 0. The van der Waals surface area contributed by atoms with Gasteiger partial charge in [-0.15, -0.1) is 0 Å². The van der Waals surface area contributed by atoms with E-state index in [1.165, 1.54) is 25.2 Å². The molecule has 1 aromatic carbocycles. The van der Waals surface area contributed by atoms with Gasteiger partial charge in [0.1, 0.15) is 4.90 Å². The minimum Gasteiger partial charge on any atom is -0.275 e. The maximum Gasteiger partial charge on any atom is 0.246 e. The standard InChI is InChI=1S/C12H13ClFN3O2S/c1-16-7-9(6-15-16)8-17(2)20(18,19)11-5-3-4-10(13)12(11)14/h3-7H,8H2,1-2H3. The highest BCUT2D eigenvalue weighted by atomic mass is 35.5. The SMILES string of the molecule is CN(Cc1cnn(C)c1)S(=O)(=O)c1cccc(Cl)c1F. The third-order valence-electron chi connectivity index (χ3n) is 2.77. The summed E-state index contributed by atoms with van der Waals surface area (Å²) in [7, 11) is -0.836. The van der Waals surface area contributed by atoms with E-state index >= 15 is 0 Å². The predicted octanol–water partition coefficient (Wildman–Crippen LogP) is 2.03. The van der Waals surface area contributed by atoms with Crippen molar-refractivity contribution in [2.45, 2.75) is 11.4 Å². The minimum absolute atomic E-state index is 0.0993. The van der Waals surface area contributed by atoms with Crippen LogP contribution in [0.5, 0.6) is 0 Å². The largest absolute Gasteiger partial charge is 0.275 e. The Morgan fingerprint density at radius 2 is 2.15 bits per heavy atom. The molecule has 0 aliphatic heterocycles. The molecule has 0 fully saturated rings. The molecule has 0 N–H and O–H groups in total. The van der Waals surface area contributed by atoms with E-state index < -0.39 is 20.7 Å². The van der Waals surface area contributed by atoms with Crippen LogP contribution < -0.4 is 0 Å². The zero-order valence-corrected chi connectivity index (χ0v) is 12.5. The van der Waals surface area contributed by atoms with Crippen molar-refractivity contribution in [3.63, 3.8) is 0 Å². The van der Waals surface area contributed by atoms with Crippen LogP contribution in [0.1, 0.15) is 5.56 Å². The van der Waals surface area contributed by atoms with Crippen LogP contribution in [-0.2, 0) is 23.6 Å². The summed E-state index contributed by atoms with van der Waals surface area (Å²) in [4.78, 5) is -0.434. The summed E-state index contributed by atoms with van der Waals surface area (Å²) in [5, 5.41) is 3.73. The van der Waals surface area contributed by atoms with Gasteiger partial charge in [0, 0.05) is 32.4 Å². The normalized spacial score (nSPS) is 12.1. The number of sulfonamides is 1. The van der Waals surface area contributed by atoms with Crippen molar-refractivity contribution < 1.29 is 12.8 Å². The summed E-state index contributed by atoms with van der Waals surface area (Å²) in [6, 6.07) is 3.89. The van der Waals surface area contributed by atoms with Crippen LogP contribution in [0.4, 0.5) is 4.39 Å². The highest BCUT2D eigenvalue weighted by molar-refractivity contribution is 7.89. The fourth-order valence-corrected chi connectivity index (χ4v) is 3.22. The summed E-state index contributed by atoms with van der Waals surface area (Å²) >= 11 is 5.62. The summed E-state index contributed by atoms with van der Waals surface area (Å²) in [6.45, 7) is 0.0993. The second-order valence-electron chi connectivity index (χ2n) is 4.34. The van der Waals surface area contributed by atoms with Gasteiger partial charge in [-0.05, 0) is 12.1 Å². The lowest BCUT2D eigenvalue weighted by molar-refractivity contribution is 0.460. The molecule has 0 bridgehead atoms. The molecule has 5 nitrogen and oxygen atoms in total. The van der Waals surface area contributed by atoms with Gasteiger partial charge in [-0.3, -0.25) is 4.68 Å². The fourth-order valence-electron chi connectivity index (χ4n) is 1.75. The molecule has 1 heterocycles. The average molecular weight is 318 g/mol. The molecule has 0 saturated heterocycles. The summed E-state index contributed by atoms with van der Waals surface area (Å²) in [5.41, 5.74) is 0.709. The second kappa shape index (κ2) is 5.51. The van der Waals surface area contributed by atoms with Gasteiger partial charge in [0.25, 0.3) is 0 Å². The summed E-state index contributed by atoms with van der Waals surface area (Å²) in [5.74, 6) is -0.938. The molecule has 0 spiro atoms. The first-order valence-electron chi connectivity index (χ1n) is 5.70. The molecule has 0 radical (unpaired) electrons. The van der Waals surface area contributed by atoms with Crippen LogP contribution in [0.3, 0.4) is 0 Å². The van der Waals surface area contributed by atoms with E-state index in [4.69, 9.17) is 11.6 Å². The predicted molar refractivity (Wildman–Crippen MR) is 73.3 cm³/mol. The van der Waals surface area contributed by atoms with Crippen LogP contribution in [-0.4, -0.2) is 29.6 Å². The highest BCUT2D eigenvalue weighted by Crippen LogP contribution is 2.24. The number of halogens is 2. The Morgan fingerprint density at radius 1 is 1.45 bits per heavy atom. The number of hydrogen-bond acceptors (Lipinski definition) is 3. The topological polar surface area (TPSA) is 55.2 Å².